The third kappa shape index (κ3) is 2.68. The van der Waals surface area contributed by atoms with Crippen LogP contribution in [0, 0.1) is 6.92 Å². The van der Waals surface area contributed by atoms with Crippen LogP contribution in [0.5, 0.6) is 0 Å². The fourth-order valence-electron chi connectivity index (χ4n) is 3.03. The molecule has 1 aliphatic heterocycles. The van der Waals surface area contributed by atoms with E-state index in [-0.39, 0.29) is 5.91 Å². The van der Waals surface area contributed by atoms with Crippen LogP contribution in [0.4, 0.5) is 11.5 Å². The third-order valence-corrected chi connectivity index (χ3v) is 4.24. The molecule has 0 unspecified atom stereocenters. The lowest BCUT2D eigenvalue weighted by molar-refractivity contribution is 0.102. The Morgan fingerprint density at radius 3 is 2.79 bits per heavy atom. The minimum atomic E-state index is -0.269. The molecule has 0 spiro atoms. The number of anilines is 2. The minimum absolute atomic E-state index is 0.269. The maximum absolute atomic E-state index is 12.4. The van der Waals surface area contributed by atoms with E-state index < -0.39 is 0 Å². The fourth-order valence-corrected chi connectivity index (χ4v) is 3.03. The summed E-state index contributed by atoms with van der Waals surface area (Å²) in [6.45, 7) is 3.97. The highest BCUT2D eigenvalue weighted by Gasteiger charge is 2.15. The van der Waals surface area contributed by atoms with Gasteiger partial charge in [0, 0.05) is 31.7 Å². The summed E-state index contributed by atoms with van der Waals surface area (Å²) in [5.41, 5.74) is 2.88. The van der Waals surface area contributed by atoms with Crippen LogP contribution in [-0.4, -0.2) is 38.6 Å². The average molecular weight is 322 g/mol. The maximum atomic E-state index is 12.4. The first-order valence-electron chi connectivity index (χ1n) is 8.04. The van der Waals surface area contributed by atoms with Crippen LogP contribution in [0.25, 0.3) is 5.65 Å². The second-order valence-electron chi connectivity index (χ2n) is 5.99. The zero-order valence-electron chi connectivity index (χ0n) is 13.4. The van der Waals surface area contributed by atoms with Gasteiger partial charge in [-0.3, -0.25) is 4.79 Å². The van der Waals surface area contributed by atoms with E-state index in [4.69, 9.17) is 0 Å². The van der Waals surface area contributed by atoms with Gasteiger partial charge in [0.25, 0.3) is 5.91 Å². The summed E-state index contributed by atoms with van der Waals surface area (Å²) in [7, 11) is 0. The number of nitrogens with one attached hydrogen (secondary N) is 1. The molecule has 0 aromatic carbocycles. The Labute approximate surface area is 139 Å². The largest absolute Gasteiger partial charge is 0.355 e. The Morgan fingerprint density at radius 2 is 2.04 bits per heavy atom. The topological polar surface area (TPSA) is 75.4 Å². The molecule has 4 heterocycles. The Hall–Kier alpha value is -2.96. The van der Waals surface area contributed by atoms with Gasteiger partial charge in [-0.15, -0.1) is 10.2 Å². The molecule has 0 atom stereocenters. The van der Waals surface area contributed by atoms with Crippen LogP contribution in [0.3, 0.4) is 0 Å². The van der Waals surface area contributed by atoms with Crippen LogP contribution in [0.1, 0.15) is 28.9 Å². The maximum Gasteiger partial charge on any atom is 0.276 e. The number of fused-ring (bicyclic) bond motifs is 1. The number of nitrogens with zero attached hydrogens (tertiary/aromatic N) is 5. The van der Waals surface area contributed by atoms with Crippen molar-refractivity contribution < 1.29 is 4.79 Å². The lowest BCUT2D eigenvalue weighted by Crippen LogP contribution is -2.21. The molecule has 1 aliphatic rings. The highest BCUT2D eigenvalue weighted by Crippen LogP contribution is 2.18. The summed E-state index contributed by atoms with van der Waals surface area (Å²) in [4.78, 5) is 18.8. The van der Waals surface area contributed by atoms with Gasteiger partial charge in [0.15, 0.2) is 11.5 Å². The van der Waals surface area contributed by atoms with Crippen LogP contribution >= 0.6 is 0 Å². The molecule has 1 amide bonds. The van der Waals surface area contributed by atoms with E-state index in [1.807, 2.05) is 35.9 Å². The molecule has 24 heavy (non-hydrogen) atoms. The monoisotopic (exact) mass is 322 g/mol. The summed E-state index contributed by atoms with van der Waals surface area (Å²) < 4.78 is 1.88. The molecule has 4 rings (SSSR count). The Morgan fingerprint density at radius 1 is 1.21 bits per heavy atom. The number of rotatable bonds is 3. The molecule has 3 aromatic rings. The number of aryl methyl sites for hydroxylation is 1. The zero-order chi connectivity index (χ0) is 16.5. The Bertz CT molecular complexity index is 880. The molecule has 0 aliphatic carbocycles. The van der Waals surface area contributed by atoms with Crippen molar-refractivity contribution in [1.82, 2.24) is 19.6 Å². The highest BCUT2D eigenvalue weighted by molar-refractivity contribution is 6.02. The summed E-state index contributed by atoms with van der Waals surface area (Å²) in [5, 5.41) is 11.1. The first kappa shape index (κ1) is 14.6. The van der Waals surface area contributed by atoms with E-state index in [0.717, 1.165) is 30.1 Å². The number of imidazole rings is 1. The molecule has 122 valence electrons. The second kappa shape index (κ2) is 5.92. The average Bonchev–Trinajstić information content (AvgIpc) is 3.26. The van der Waals surface area contributed by atoms with Crippen LogP contribution in [0.15, 0.2) is 36.8 Å². The van der Waals surface area contributed by atoms with Crippen LogP contribution in [0.2, 0.25) is 0 Å². The molecule has 0 radical (unpaired) electrons. The van der Waals surface area contributed by atoms with E-state index in [1.54, 1.807) is 12.3 Å². The van der Waals surface area contributed by atoms with Gasteiger partial charge in [0.1, 0.15) is 5.65 Å². The summed E-state index contributed by atoms with van der Waals surface area (Å²) >= 11 is 0. The van der Waals surface area contributed by atoms with Gasteiger partial charge in [0.05, 0.1) is 5.69 Å². The van der Waals surface area contributed by atoms with Crippen molar-refractivity contribution in [2.24, 2.45) is 0 Å². The van der Waals surface area contributed by atoms with Crippen molar-refractivity contribution >= 4 is 23.1 Å². The van der Waals surface area contributed by atoms with Crippen molar-refractivity contribution in [1.29, 1.82) is 0 Å². The van der Waals surface area contributed by atoms with Crippen molar-refractivity contribution in [2.45, 2.75) is 19.8 Å². The summed E-state index contributed by atoms with van der Waals surface area (Å²) in [6, 6.07) is 5.47. The predicted molar refractivity (Wildman–Crippen MR) is 91.4 cm³/mol. The third-order valence-electron chi connectivity index (χ3n) is 4.24. The number of aromatic nitrogens is 4. The van der Waals surface area contributed by atoms with Gasteiger partial charge >= 0.3 is 0 Å². The minimum Gasteiger partial charge on any atom is -0.355 e. The lowest BCUT2D eigenvalue weighted by atomic mass is 10.2. The van der Waals surface area contributed by atoms with E-state index in [0.29, 0.717) is 11.4 Å². The molecule has 1 saturated heterocycles. The zero-order valence-corrected chi connectivity index (χ0v) is 13.4. The predicted octanol–water partition coefficient (Wildman–Crippen LogP) is 2.29. The molecule has 3 aromatic heterocycles. The fraction of sp³-hybridized carbons (Fsp3) is 0.294. The van der Waals surface area contributed by atoms with Crippen LogP contribution < -0.4 is 10.2 Å². The number of pyridine rings is 1. The SMILES string of the molecule is Cc1cc(NC(=O)c2ccc(N3CCCC3)nn2)cn2ccnc12. The molecular formula is C17H18N6O. The van der Waals surface area contributed by atoms with Crippen molar-refractivity contribution in [2.75, 3.05) is 23.3 Å². The Kier molecular flexibility index (Phi) is 3.60. The van der Waals surface area contributed by atoms with Crippen molar-refractivity contribution in [3.05, 3.63) is 48.0 Å². The number of carbonyl (C=O) groups is 1. The second-order valence-corrected chi connectivity index (χ2v) is 5.99. The highest BCUT2D eigenvalue weighted by atomic mass is 16.1. The van der Waals surface area contributed by atoms with E-state index in [2.05, 4.69) is 25.4 Å². The standard InChI is InChI=1S/C17H18N6O/c1-12-10-13(11-23-9-6-18-16(12)23)19-17(24)14-4-5-15(21-20-14)22-7-2-3-8-22/h4-6,9-11H,2-3,7-8H2,1H3,(H,19,24). The molecular weight excluding hydrogens is 304 g/mol. The summed E-state index contributed by atoms with van der Waals surface area (Å²) in [6.07, 6.45) is 7.78. The lowest BCUT2D eigenvalue weighted by Gasteiger charge is -2.15. The van der Waals surface area contributed by atoms with Crippen molar-refractivity contribution in [3.63, 3.8) is 0 Å². The molecule has 0 bridgehead atoms. The van der Waals surface area contributed by atoms with Gasteiger partial charge in [-0.25, -0.2) is 4.98 Å². The van der Waals surface area contributed by atoms with Crippen molar-refractivity contribution in [3.8, 4) is 0 Å². The first-order chi connectivity index (χ1) is 11.7. The van der Waals surface area contributed by atoms with E-state index in [9.17, 15) is 4.79 Å². The molecule has 7 nitrogen and oxygen atoms in total. The smallest absolute Gasteiger partial charge is 0.276 e. The number of carbonyl (C=O) groups excluding carboxylic acids is 1. The quantitative estimate of drug-likeness (QED) is 0.801. The molecule has 7 heteroatoms. The normalized spacial score (nSPS) is 14.3. The summed E-state index contributed by atoms with van der Waals surface area (Å²) in [5.74, 6) is 0.564. The number of hydrogen-bond donors (Lipinski definition) is 1. The van der Waals surface area contributed by atoms with Gasteiger partial charge < -0.3 is 14.6 Å². The molecule has 0 saturated carbocycles. The molecule has 1 N–H and O–H groups in total. The number of amides is 1. The van der Waals surface area contributed by atoms with Gasteiger partial charge in [-0.1, -0.05) is 0 Å². The first-order valence-corrected chi connectivity index (χ1v) is 8.04. The van der Waals surface area contributed by atoms with Crippen LogP contribution in [-0.2, 0) is 0 Å². The van der Waals surface area contributed by atoms with E-state index in [1.165, 1.54) is 12.8 Å². The van der Waals surface area contributed by atoms with E-state index >= 15 is 0 Å². The number of hydrogen-bond acceptors (Lipinski definition) is 5. The van der Waals surface area contributed by atoms with Gasteiger partial charge in [-0.2, -0.15) is 0 Å². The molecule has 1 fully saturated rings. The van der Waals surface area contributed by atoms with Gasteiger partial charge in [0.2, 0.25) is 0 Å². The Balaban J connectivity index is 1.52. The van der Waals surface area contributed by atoms with Gasteiger partial charge in [-0.05, 0) is 43.5 Å².